The number of carbonyl (C=O) groups excluding carboxylic acids is 4. The van der Waals surface area contributed by atoms with Gasteiger partial charge in [-0.05, 0) is 171 Å². The molecule has 0 aliphatic carbocycles. The van der Waals surface area contributed by atoms with Crippen molar-refractivity contribution in [1.82, 2.24) is 9.97 Å². The maximum atomic E-state index is 10.0. The van der Waals surface area contributed by atoms with Gasteiger partial charge >= 0.3 is 0 Å². The summed E-state index contributed by atoms with van der Waals surface area (Å²) in [6, 6.07) is 31.6. The summed E-state index contributed by atoms with van der Waals surface area (Å²) >= 11 is 1.90. The molecule has 2 aromatic heterocycles. The molecule has 0 unspecified atom stereocenters. The second-order valence-electron chi connectivity index (χ2n) is 25.9. The predicted octanol–water partition coefficient (Wildman–Crippen LogP) is 31.3. The van der Waals surface area contributed by atoms with E-state index >= 15 is 0 Å². The van der Waals surface area contributed by atoms with Crippen LogP contribution >= 0.6 is 11.8 Å². The number of unbranched alkanes of at least 4 members (excludes halogenated alkanes) is 4. The zero-order chi connectivity index (χ0) is 82.4. The average molecular weight is 1500 g/mol. The Labute approximate surface area is 666 Å². The van der Waals surface area contributed by atoms with Crippen molar-refractivity contribution >= 4 is 51.6 Å². The number of aliphatic hydroxyl groups excluding tert-OH is 1. The maximum absolute atomic E-state index is 10.0. The Balaban J connectivity index is -0.0000000577. The van der Waals surface area contributed by atoms with Crippen molar-refractivity contribution in [1.29, 1.82) is 0 Å². The van der Waals surface area contributed by atoms with Crippen molar-refractivity contribution < 1.29 is 24.3 Å². The molecule has 0 saturated heterocycles. The van der Waals surface area contributed by atoms with Crippen LogP contribution < -0.4 is 5.73 Å². The quantitative estimate of drug-likeness (QED) is 0.0343. The Hall–Kier alpha value is -5.06. The first-order chi connectivity index (χ1) is 48.1. The fourth-order valence-corrected chi connectivity index (χ4v) is 5.78. The lowest BCUT2D eigenvalue weighted by Gasteiger charge is -1.94. The van der Waals surface area contributed by atoms with Crippen molar-refractivity contribution in [3.8, 4) is 0 Å². The van der Waals surface area contributed by atoms with Gasteiger partial charge in [-0.2, -0.15) is 11.8 Å². The number of H-pyrrole nitrogens is 2. The van der Waals surface area contributed by atoms with Crippen molar-refractivity contribution in [2.45, 2.75) is 406 Å². The number of Topliss-reactive ketones (excluding diaryl/α,β-unsaturated/α-hetero) is 4. The van der Waals surface area contributed by atoms with E-state index in [-0.39, 0.29) is 51.5 Å². The number of ketones is 4. The number of nitrogens with zero attached hydrogens (tertiary/aromatic N) is 1. The Morgan fingerprint density at radius 2 is 0.810 bits per heavy atom. The summed E-state index contributed by atoms with van der Waals surface area (Å²) < 4.78 is 0. The minimum Gasteiger partial charge on any atom is -0.394 e. The summed E-state index contributed by atoms with van der Waals surface area (Å²) in [5, 5.41) is 9.41. The number of aromatic nitrogens is 2. The highest BCUT2D eigenvalue weighted by molar-refractivity contribution is 7.98. The number of nitrogens with one attached hydrogen (secondary N) is 2. The minimum atomic E-state index is -0.167. The number of fused-ring (bicyclic) bond motifs is 1. The summed E-state index contributed by atoms with van der Waals surface area (Å²) in [6.07, 6.45) is 29.5. The molecule has 0 atom stereocenters. The standard InChI is InChI=1S/C10H11N.C9H12.C8H10.C6H14N2.C6H9N.C6H14.2C5H10O.2C5H12.2C4H8O.C4H10S.C4H10.C3H8O.2C3H8.C2H6.3CH4/c1-2-8-7-11-10-6-4-3-5-9(8)10;1-3-9-6-4-8(2)5-7-9;1-2-8-6-4-3-5-7-8;1-3-4-5-8-6(2)7;1-2-6-4-3-5-7-6;1-3-5-6-4-2;2*1-3-4-5(2)6;2*1-4-5(2)3;2*1-3-4(2)5;1-3-4-5-2;1-4(2)3;1-3(2)4;2*1-3-2;1-2;;;/h3-7,11H,2H2,1H3;4-7H,3H2,1-2H3;3-7H,2H2,1H3;3-5H2,1-2H3,(H2,7,8);3-5,7H,2H2,1H3;3-6H2,1-2H3;2*3-4H2,1-2H3;2*5H,4H2,1-3H3;2*3H2,1-2H3;3-4H2,1-2H3;4H,1-3H3;3-4H,1-2H3;2*3H2,1-2H3;1-2H3;3*1H4. The lowest BCUT2D eigenvalue weighted by Crippen LogP contribution is -2.05. The number of benzene rings is 3. The lowest BCUT2D eigenvalue weighted by atomic mass is 10.1. The second kappa shape index (κ2) is 126. The van der Waals surface area contributed by atoms with Gasteiger partial charge in [0.2, 0.25) is 0 Å². The third-order valence-electron chi connectivity index (χ3n) is 12.0. The van der Waals surface area contributed by atoms with Gasteiger partial charge in [0.05, 0.1) is 5.84 Å². The predicted molar refractivity (Wildman–Crippen MR) is 495 cm³/mol. The Bertz CT molecular complexity index is 2210. The molecule has 5 aromatic rings. The van der Waals surface area contributed by atoms with Crippen molar-refractivity contribution in [2.24, 2.45) is 28.5 Å². The highest BCUT2D eigenvalue weighted by Gasteiger charge is 1.98. The van der Waals surface area contributed by atoms with E-state index in [4.69, 9.17) is 10.8 Å². The molecule has 105 heavy (non-hydrogen) atoms. The highest BCUT2D eigenvalue weighted by Crippen LogP contribution is 2.17. The van der Waals surface area contributed by atoms with Gasteiger partial charge in [0, 0.05) is 67.3 Å². The van der Waals surface area contributed by atoms with Crippen molar-refractivity contribution in [3.63, 3.8) is 0 Å². The van der Waals surface area contributed by atoms with Crippen LogP contribution in [0.3, 0.4) is 0 Å². The molecule has 0 aliphatic rings. The van der Waals surface area contributed by atoms with Crippen LogP contribution in [0.4, 0.5) is 0 Å². The molecular formula is C95H192N4O5S. The fraction of sp³-hybridized carbons (Fsp3) is 0.695. The van der Waals surface area contributed by atoms with Crippen LogP contribution in [0, 0.1) is 24.7 Å². The normalized spacial score (nSPS) is 8.75. The number of aliphatic hydroxyl groups is 1. The van der Waals surface area contributed by atoms with Gasteiger partial charge in [0.15, 0.2) is 0 Å². The smallest absolute Gasteiger partial charge is 0.129 e. The molecule has 0 fully saturated rings. The molecule has 5 rings (SSSR count). The van der Waals surface area contributed by atoms with Crippen LogP contribution in [0.5, 0.6) is 0 Å². The molecule has 3 aromatic carbocycles. The van der Waals surface area contributed by atoms with Gasteiger partial charge in [-0.3, -0.25) is 4.99 Å². The third-order valence-corrected chi connectivity index (χ3v) is 12.8. The summed E-state index contributed by atoms with van der Waals surface area (Å²) in [5.74, 6) is 5.69. The molecule has 2 heterocycles. The van der Waals surface area contributed by atoms with Crippen LogP contribution in [0.25, 0.3) is 10.9 Å². The number of hydrogen-bond acceptors (Lipinski definition) is 7. The number of amidine groups is 1. The third kappa shape index (κ3) is 180. The zero-order valence-electron chi connectivity index (χ0n) is 74.9. The Kier molecular flexibility index (Phi) is 166. The number of thioether (sulfide) groups is 1. The summed E-state index contributed by atoms with van der Waals surface area (Å²) in [6.45, 7) is 72.1. The molecule has 0 saturated carbocycles. The number of aryl methyl sites for hydroxylation is 5. The number of rotatable bonds is 20. The Morgan fingerprint density at radius 3 is 1.02 bits per heavy atom. The molecular weight excluding hydrogens is 1310 g/mol. The van der Waals surface area contributed by atoms with Crippen LogP contribution in [-0.2, 0) is 44.9 Å². The number of nitrogens with two attached hydrogens (primary N) is 1. The van der Waals surface area contributed by atoms with Gasteiger partial charge in [0.1, 0.15) is 23.1 Å². The summed E-state index contributed by atoms with van der Waals surface area (Å²) in [4.78, 5) is 50.0. The van der Waals surface area contributed by atoms with E-state index in [1.54, 1.807) is 41.5 Å². The first kappa shape index (κ1) is 139. The average Bonchev–Trinajstić information content (AvgIpc) is 1.71. The van der Waals surface area contributed by atoms with E-state index in [9.17, 15) is 19.2 Å². The maximum Gasteiger partial charge on any atom is 0.129 e. The van der Waals surface area contributed by atoms with Crippen LogP contribution in [-0.4, -0.2) is 68.7 Å². The SMILES string of the molecule is C.C.C.CC.CC(C)C.CC(C)O.CCC.CCC.CCC(C)=O.CCC(C)=O.CCC(C)C.CCC(C)C.CCCC(C)=O.CCCC(C)=O.CCCCCC.CCCCN=C(C)N.CCCSC.CCc1c[nH]c2ccccc12.CCc1ccc(C)cc1.CCc1ccc[nH]1.CCc1ccccc1. The van der Waals surface area contributed by atoms with Crippen molar-refractivity contribution in [2.75, 3.05) is 18.6 Å². The molecule has 0 bridgehead atoms. The topological polar surface area (TPSA) is 158 Å². The van der Waals surface area contributed by atoms with E-state index in [2.05, 4.69) is 259 Å². The first-order valence-electron chi connectivity index (χ1n) is 40.3. The molecule has 10 heteroatoms. The molecule has 9 nitrogen and oxygen atoms in total. The molecule has 0 aliphatic heterocycles. The second-order valence-corrected chi connectivity index (χ2v) is 26.9. The van der Waals surface area contributed by atoms with Gasteiger partial charge < -0.3 is 40.0 Å². The monoisotopic (exact) mass is 1500 g/mol. The minimum absolute atomic E-state index is 0. The van der Waals surface area contributed by atoms with E-state index in [0.29, 0.717) is 18.7 Å². The molecule has 5 N–H and O–H groups in total. The van der Waals surface area contributed by atoms with Gasteiger partial charge in [-0.15, -0.1) is 0 Å². The molecule has 628 valence electrons. The summed E-state index contributed by atoms with van der Waals surface area (Å²) in [7, 11) is 0. The van der Waals surface area contributed by atoms with Crippen molar-refractivity contribution in [3.05, 3.63) is 131 Å². The molecule has 0 radical (unpaired) electrons. The van der Waals surface area contributed by atoms with Gasteiger partial charge in [0.25, 0.3) is 0 Å². The number of aliphatic imine (C=N–C) groups is 1. The first-order valence-corrected chi connectivity index (χ1v) is 41.7. The van der Waals surface area contributed by atoms with E-state index in [0.717, 1.165) is 82.1 Å². The largest absolute Gasteiger partial charge is 0.394 e. The van der Waals surface area contributed by atoms with E-state index < -0.39 is 0 Å². The highest BCUT2D eigenvalue weighted by atomic mass is 32.2. The zero-order valence-corrected chi connectivity index (χ0v) is 75.7. The number of para-hydroxylation sites is 1. The van der Waals surface area contributed by atoms with Gasteiger partial charge in [-0.25, -0.2) is 0 Å². The lowest BCUT2D eigenvalue weighted by molar-refractivity contribution is -0.117. The van der Waals surface area contributed by atoms with Crippen LogP contribution in [0.1, 0.15) is 395 Å². The molecule has 0 amide bonds. The number of carbonyl (C=O) groups is 4. The van der Waals surface area contributed by atoms with Crippen LogP contribution in [0.15, 0.2) is 108 Å². The molecule has 0 spiro atoms. The van der Waals surface area contributed by atoms with Crippen LogP contribution in [0.2, 0.25) is 0 Å². The number of aromatic amines is 2. The van der Waals surface area contributed by atoms with E-state index in [1.165, 1.54) is 109 Å². The summed E-state index contributed by atoms with van der Waals surface area (Å²) in [5.41, 5.74) is 13.4. The fourth-order valence-electron chi connectivity index (χ4n) is 5.37. The number of hydrogen-bond donors (Lipinski definition) is 4. The van der Waals surface area contributed by atoms with E-state index in [1.807, 2.05) is 78.6 Å². The Morgan fingerprint density at radius 1 is 0.467 bits per heavy atom. The van der Waals surface area contributed by atoms with Gasteiger partial charge in [-0.1, -0.05) is 345 Å².